The van der Waals surface area contributed by atoms with Crippen molar-refractivity contribution in [3.8, 4) is 6.07 Å². The van der Waals surface area contributed by atoms with Gasteiger partial charge in [0.1, 0.15) is 18.2 Å². The van der Waals surface area contributed by atoms with E-state index in [1.807, 2.05) is 6.07 Å². The Morgan fingerprint density at radius 2 is 1.86 bits per heavy atom. The number of amides is 1. The van der Waals surface area contributed by atoms with Gasteiger partial charge < -0.3 is 4.90 Å². The highest BCUT2D eigenvalue weighted by molar-refractivity contribution is 7.91. The molecule has 1 saturated heterocycles. The number of carbonyl (C=O) groups is 1. The molecule has 10 heteroatoms. The number of rotatable bonds is 4. The summed E-state index contributed by atoms with van der Waals surface area (Å²) in [5, 5.41) is 9.40. The lowest BCUT2D eigenvalue weighted by molar-refractivity contribution is -0.136. The van der Waals surface area contributed by atoms with E-state index in [1.165, 1.54) is 4.57 Å². The van der Waals surface area contributed by atoms with Gasteiger partial charge in [0.05, 0.1) is 11.5 Å². The molecule has 0 aromatic carbocycles. The van der Waals surface area contributed by atoms with E-state index in [4.69, 9.17) is 0 Å². The van der Waals surface area contributed by atoms with Crippen LogP contribution in [0.1, 0.15) is 49.8 Å². The number of sulfone groups is 1. The second kappa shape index (κ2) is 7.44. The third-order valence-corrected chi connectivity index (χ3v) is 8.09. The summed E-state index contributed by atoms with van der Waals surface area (Å²) < 4.78 is 26.2. The van der Waals surface area contributed by atoms with Crippen molar-refractivity contribution in [2.24, 2.45) is 0 Å². The lowest BCUT2D eigenvalue weighted by atomic mass is 10.1. The predicted molar refractivity (Wildman–Crippen MR) is 104 cm³/mol. The van der Waals surface area contributed by atoms with E-state index in [1.54, 1.807) is 4.90 Å². The van der Waals surface area contributed by atoms with Crippen LogP contribution in [0.5, 0.6) is 0 Å². The minimum Gasteiger partial charge on any atom is -0.334 e. The number of nitriles is 1. The molecular weight excluding hydrogens is 396 g/mol. The number of aromatic nitrogens is 2. The number of fused-ring (bicyclic) bond motifs is 1. The van der Waals surface area contributed by atoms with Crippen molar-refractivity contribution in [1.29, 1.82) is 5.26 Å². The van der Waals surface area contributed by atoms with E-state index in [-0.39, 0.29) is 23.1 Å². The smallest absolute Gasteiger partial charge is 0.331 e. The van der Waals surface area contributed by atoms with Crippen LogP contribution >= 0.6 is 0 Å². The van der Waals surface area contributed by atoms with Gasteiger partial charge in [-0.25, -0.2) is 17.8 Å². The van der Waals surface area contributed by atoms with Crippen LogP contribution in [0.3, 0.4) is 0 Å². The van der Waals surface area contributed by atoms with Gasteiger partial charge in [-0.3, -0.25) is 14.2 Å². The van der Waals surface area contributed by atoms with Gasteiger partial charge in [0, 0.05) is 24.3 Å². The third kappa shape index (κ3) is 3.52. The van der Waals surface area contributed by atoms with E-state index < -0.39 is 39.6 Å². The Kier molecular flexibility index (Phi) is 5.11. The minimum atomic E-state index is -3.18. The first-order valence-corrected chi connectivity index (χ1v) is 11.9. The Hall–Kier alpha value is -2.41. The molecule has 4 rings (SSSR count). The lowest BCUT2D eigenvalue weighted by Gasteiger charge is -2.34. The third-order valence-electron chi connectivity index (χ3n) is 6.34. The molecule has 1 amide bonds. The summed E-state index contributed by atoms with van der Waals surface area (Å²) in [5.74, 6) is -0.439. The lowest BCUT2D eigenvalue weighted by Crippen LogP contribution is -2.51. The molecule has 1 atom stereocenters. The zero-order valence-corrected chi connectivity index (χ0v) is 17.0. The molecule has 29 heavy (non-hydrogen) atoms. The molecule has 9 nitrogen and oxygen atoms in total. The standard InChI is InChI=1S/C19H24N4O5S/c20-10-15-16-6-3-8-21(16)19(26)22(18(15)25)11-17(24)23(13-4-1-2-5-13)14-7-9-29(27,28)12-14/h13-14H,1-9,11-12H2/t14-/m1/s1. The normalized spacial score (nSPS) is 23.1. The summed E-state index contributed by atoms with van der Waals surface area (Å²) in [4.78, 5) is 40.4. The zero-order chi connectivity index (χ0) is 20.8. The molecule has 3 aliphatic rings. The summed E-state index contributed by atoms with van der Waals surface area (Å²) >= 11 is 0. The molecule has 0 spiro atoms. The van der Waals surface area contributed by atoms with Crippen LogP contribution in [0.2, 0.25) is 0 Å². The van der Waals surface area contributed by atoms with Gasteiger partial charge in [-0.05, 0) is 32.1 Å². The van der Waals surface area contributed by atoms with Gasteiger partial charge in [0.25, 0.3) is 5.56 Å². The number of nitrogens with zero attached hydrogens (tertiary/aromatic N) is 4. The fraction of sp³-hybridized carbons (Fsp3) is 0.684. The van der Waals surface area contributed by atoms with Crippen LogP contribution in [-0.4, -0.2) is 51.9 Å². The minimum absolute atomic E-state index is 0.0498. The van der Waals surface area contributed by atoms with Crippen molar-refractivity contribution in [2.45, 2.75) is 70.1 Å². The number of hydrogen-bond acceptors (Lipinski definition) is 6. The van der Waals surface area contributed by atoms with Crippen LogP contribution < -0.4 is 11.2 Å². The van der Waals surface area contributed by atoms with E-state index in [0.717, 1.165) is 30.3 Å². The number of carbonyl (C=O) groups excluding carboxylic acids is 1. The van der Waals surface area contributed by atoms with E-state index in [0.29, 0.717) is 31.5 Å². The molecule has 0 unspecified atom stereocenters. The Bertz CT molecular complexity index is 1110. The molecule has 2 aliphatic heterocycles. The molecule has 3 heterocycles. The van der Waals surface area contributed by atoms with Gasteiger partial charge in [0.2, 0.25) is 5.91 Å². The molecule has 1 saturated carbocycles. The van der Waals surface area contributed by atoms with Crippen LogP contribution in [-0.2, 0) is 34.1 Å². The van der Waals surface area contributed by atoms with Gasteiger partial charge in [0.15, 0.2) is 9.84 Å². The van der Waals surface area contributed by atoms with Crippen molar-refractivity contribution < 1.29 is 13.2 Å². The van der Waals surface area contributed by atoms with Crippen molar-refractivity contribution in [2.75, 3.05) is 11.5 Å². The van der Waals surface area contributed by atoms with Gasteiger partial charge in [-0.2, -0.15) is 5.26 Å². The Labute approximate surface area is 168 Å². The Morgan fingerprint density at radius 1 is 1.14 bits per heavy atom. The molecule has 2 fully saturated rings. The average molecular weight is 420 g/mol. The van der Waals surface area contributed by atoms with Crippen LogP contribution in [0.4, 0.5) is 0 Å². The number of hydrogen-bond donors (Lipinski definition) is 0. The summed E-state index contributed by atoms with van der Waals surface area (Å²) in [5.41, 5.74) is -0.934. The summed E-state index contributed by atoms with van der Waals surface area (Å²) in [6, 6.07) is 1.41. The van der Waals surface area contributed by atoms with Crippen molar-refractivity contribution in [3.05, 3.63) is 32.1 Å². The first-order valence-electron chi connectivity index (χ1n) is 10.1. The van der Waals surface area contributed by atoms with Gasteiger partial charge in [-0.15, -0.1) is 0 Å². The molecular formula is C19H24N4O5S. The fourth-order valence-corrected chi connectivity index (χ4v) is 6.70. The molecule has 156 valence electrons. The van der Waals surface area contributed by atoms with E-state index in [2.05, 4.69) is 0 Å². The zero-order valence-electron chi connectivity index (χ0n) is 16.2. The van der Waals surface area contributed by atoms with Crippen LogP contribution in [0.25, 0.3) is 0 Å². The molecule has 0 bridgehead atoms. The summed E-state index contributed by atoms with van der Waals surface area (Å²) in [7, 11) is -3.18. The maximum absolute atomic E-state index is 13.2. The molecule has 0 N–H and O–H groups in total. The first-order chi connectivity index (χ1) is 13.8. The predicted octanol–water partition coefficient (Wildman–Crippen LogP) is -0.214. The molecule has 1 aliphatic carbocycles. The van der Waals surface area contributed by atoms with Gasteiger partial charge in [-0.1, -0.05) is 12.8 Å². The van der Waals surface area contributed by atoms with E-state index in [9.17, 15) is 28.1 Å². The highest BCUT2D eigenvalue weighted by Crippen LogP contribution is 2.29. The van der Waals surface area contributed by atoms with Crippen LogP contribution in [0, 0.1) is 11.3 Å². The van der Waals surface area contributed by atoms with Gasteiger partial charge >= 0.3 is 5.69 Å². The quantitative estimate of drug-likeness (QED) is 0.664. The Morgan fingerprint density at radius 3 is 2.48 bits per heavy atom. The molecule has 1 aromatic rings. The SMILES string of the molecule is N#Cc1c2n(c(=O)n(CC(=O)N(C3CCCC3)[C@@H]3CCS(=O)(=O)C3)c1=O)CCC2. The Balaban J connectivity index is 1.69. The van der Waals surface area contributed by atoms with Crippen LogP contribution in [0.15, 0.2) is 9.59 Å². The topological polar surface area (TPSA) is 122 Å². The fourth-order valence-electron chi connectivity index (χ4n) is 4.99. The maximum Gasteiger partial charge on any atom is 0.331 e. The van der Waals surface area contributed by atoms with Crippen molar-refractivity contribution in [1.82, 2.24) is 14.0 Å². The summed E-state index contributed by atoms with van der Waals surface area (Å²) in [6.45, 7) is -0.0375. The summed E-state index contributed by atoms with van der Waals surface area (Å²) in [6.07, 6.45) is 5.08. The molecule has 0 radical (unpaired) electrons. The van der Waals surface area contributed by atoms with Crippen molar-refractivity contribution >= 4 is 15.7 Å². The van der Waals surface area contributed by atoms with Crippen molar-refractivity contribution in [3.63, 3.8) is 0 Å². The average Bonchev–Trinajstić information content (AvgIpc) is 3.41. The first kappa shape index (κ1) is 19.9. The van der Waals surface area contributed by atoms with E-state index >= 15 is 0 Å². The maximum atomic E-state index is 13.2. The monoisotopic (exact) mass is 420 g/mol. The second-order valence-electron chi connectivity index (χ2n) is 8.16. The second-order valence-corrected chi connectivity index (χ2v) is 10.4. The molecule has 1 aromatic heterocycles. The highest BCUT2D eigenvalue weighted by Gasteiger charge is 2.39. The largest absolute Gasteiger partial charge is 0.334 e. The highest BCUT2D eigenvalue weighted by atomic mass is 32.2.